The number of hydrogen-bond acceptors (Lipinski definition) is 4. The van der Waals surface area contributed by atoms with E-state index in [1.54, 1.807) is 20.9 Å². The van der Waals surface area contributed by atoms with Crippen LogP contribution in [0, 0.1) is 0 Å². The molecule has 1 saturated heterocycles. The van der Waals surface area contributed by atoms with Crippen molar-refractivity contribution in [2.45, 2.75) is 44.9 Å². The third-order valence-electron chi connectivity index (χ3n) is 4.54. The third kappa shape index (κ3) is 4.29. The van der Waals surface area contributed by atoms with Gasteiger partial charge in [-0.1, -0.05) is 30.3 Å². The number of alkyl carbamates (subject to hydrolysis) is 1. The predicted molar refractivity (Wildman–Crippen MR) is 92.6 cm³/mol. The van der Waals surface area contributed by atoms with Crippen molar-refractivity contribution in [2.75, 3.05) is 13.6 Å². The van der Waals surface area contributed by atoms with Gasteiger partial charge in [-0.15, -0.1) is 0 Å². The van der Waals surface area contributed by atoms with E-state index in [-0.39, 0.29) is 18.4 Å². The van der Waals surface area contributed by atoms with Gasteiger partial charge in [0, 0.05) is 13.6 Å². The molecule has 0 bridgehead atoms. The highest BCUT2D eigenvalue weighted by atomic mass is 16.5. The Kier molecular flexibility index (Phi) is 6.01. The van der Waals surface area contributed by atoms with Crippen molar-refractivity contribution >= 4 is 17.9 Å². The highest BCUT2D eigenvalue weighted by Gasteiger charge is 2.46. The smallest absolute Gasteiger partial charge is 0.408 e. The largest absolute Gasteiger partial charge is 0.445 e. The zero-order valence-electron chi connectivity index (χ0n) is 14.9. The molecule has 25 heavy (non-hydrogen) atoms. The lowest BCUT2D eigenvalue weighted by molar-refractivity contribution is -0.144. The number of benzene rings is 1. The average Bonchev–Trinajstić information content (AvgIpc) is 3.02. The van der Waals surface area contributed by atoms with Gasteiger partial charge in [0.25, 0.3) is 0 Å². The van der Waals surface area contributed by atoms with Crippen LogP contribution in [0.2, 0.25) is 0 Å². The Morgan fingerprint density at radius 3 is 2.60 bits per heavy atom. The molecular formula is C18H25N3O4. The van der Waals surface area contributed by atoms with E-state index in [4.69, 9.17) is 4.74 Å². The van der Waals surface area contributed by atoms with Crippen LogP contribution in [0.3, 0.4) is 0 Å². The Morgan fingerprint density at radius 2 is 1.96 bits per heavy atom. The Hall–Kier alpha value is -2.57. The van der Waals surface area contributed by atoms with E-state index in [9.17, 15) is 14.4 Å². The summed E-state index contributed by atoms with van der Waals surface area (Å²) in [7, 11) is 1.55. The summed E-state index contributed by atoms with van der Waals surface area (Å²) in [6.45, 7) is 3.97. The van der Waals surface area contributed by atoms with Crippen molar-refractivity contribution in [3.05, 3.63) is 35.9 Å². The maximum atomic E-state index is 12.7. The molecule has 136 valence electrons. The minimum Gasteiger partial charge on any atom is -0.445 e. The Morgan fingerprint density at radius 1 is 1.28 bits per heavy atom. The summed E-state index contributed by atoms with van der Waals surface area (Å²) in [4.78, 5) is 38.3. The topological polar surface area (TPSA) is 87.7 Å². The maximum absolute atomic E-state index is 12.7. The van der Waals surface area contributed by atoms with Gasteiger partial charge in [-0.3, -0.25) is 9.59 Å². The molecule has 2 rings (SSSR count). The van der Waals surface area contributed by atoms with E-state index in [0.717, 1.165) is 12.0 Å². The van der Waals surface area contributed by atoms with Gasteiger partial charge in [0.1, 0.15) is 18.2 Å². The molecule has 0 aliphatic carbocycles. The van der Waals surface area contributed by atoms with Crippen molar-refractivity contribution in [2.24, 2.45) is 0 Å². The molecule has 1 heterocycles. The second-order valence-electron chi connectivity index (χ2n) is 6.37. The van der Waals surface area contributed by atoms with Gasteiger partial charge in [0.2, 0.25) is 11.8 Å². The second-order valence-corrected chi connectivity index (χ2v) is 6.37. The van der Waals surface area contributed by atoms with E-state index in [1.807, 2.05) is 30.3 Å². The molecule has 2 N–H and O–H groups in total. The first-order valence-corrected chi connectivity index (χ1v) is 8.39. The number of likely N-dealkylation sites (N-methyl/N-ethyl adjacent to an activating group) is 1. The van der Waals surface area contributed by atoms with Crippen LogP contribution in [0.15, 0.2) is 30.3 Å². The molecule has 2 atom stereocenters. The zero-order chi connectivity index (χ0) is 18.4. The molecule has 1 aliphatic heterocycles. The summed E-state index contributed by atoms with van der Waals surface area (Å²) >= 11 is 0. The molecule has 1 aromatic carbocycles. The Balaban J connectivity index is 1.91. The molecule has 1 aliphatic rings. The minimum absolute atomic E-state index is 0.132. The van der Waals surface area contributed by atoms with Gasteiger partial charge >= 0.3 is 6.09 Å². The summed E-state index contributed by atoms with van der Waals surface area (Å²) in [6.07, 6.45) is 0.690. The number of ether oxygens (including phenoxy) is 1. The highest BCUT2D eigenvalue weighted by molar-refractivity contribution is 5.94. The molecule has 0 radical (unpaired) electrons. The SMILES string of the molecule is CNC(=O)[C@]1(C)CCCN1C(=O)[C@H](C)NC(=O)OCc1ccccc1. The molecule has 1 fully saturated rings. The van der Waals surface area contributed by atoms with Crippen LogP contribution in [0.1, 0.15) is 32.3 Å². The number of carbonyl (C=O) groups is 3. The lowest BCUT2D eigenvalue weighted by atomic mass is 9.97. The zero-order valence-corrected chi connectivity index (χ0v) is 14.9. The van der Waals surface area contributed by atoms with Crippen LogP contribution in [-0.4, -0.2) is 48.0 Å². The van der Waals surface area contributed by atoms with Gasteiger partial charge in [0.05, 0.1) is 0 Å². The minimum atomic E-state index is -0.879. The van der Waals surface area contributed by atoms with Crippen molar-refractivity contribution in [1.29, 1.82) is 0 Å². The van der Waals surface area contributed by atoms with Gasteiger partial charge in [-0.05, 0) is 32.3 Å². The number of hydrogen-bond donors (Lipinski definition) is 2. The summed E-state index contributed by atoms with van der Waals surface area (Å²) in [5, 5.41) is 5.14. The van der Waals surface area contributed by atoms with Crippen molar-refractivity contribution in [3.8, 4) is 0 Å². The molecular weight excluding hydrogens is 322 g/mol. The van der Waals surface area contributed by atoms with Crippen LogP contribution in [0.4, 0.5) is 4.79 Å². The molecule has 3 amide bonds. The summed E-state index contributed by atoms with van der Waals surface area (Å²) < 4.78 is 5.13. The summed E-state index contributed by atoms with van der Waals surface area (Å²) in [6, 6.07) is 8.52. The van der Waals surface area contributed by atoms with E-state index in [0.29, 0.717) is 13.0 Å². The van der Waals surface area contributed by atoms with Crippen molar-refractivity contribution in [3.63, 3.8) is 0 Å². The standard InChI is InChI=1S/C18H25N3O4/c1-13(20-17(24)25-12-14-8-5-4-6-9-14)15(22)21-11-7-10-18(21,2)16(23)19-3/h4-6,8-9,13H,7,10-12H2,1-3H3,(H,19,23)(H,20,24)/t13-,18-/m0/s1. The van der Waals surface area contributed by atoms with E-state index in [2.05, 4.69) is 10.6 Å². The number of likely N-dealkylation sites (tertiary alicyclic amines) is 1. The fourth-order valence-corrected chi connectivity index (χ4v) is 3.06. The van der Waals surface area contributed by atoms with Crippen LogP contribution in [0.5, 0.6) is 0 Å². The van der Waals surface area contributed by atoms with E-state index in [1.165, 1.54) is 4.90 Å². The number of nitrogens with one attached hydrogen (secondary N) is 2. The van der Waals surface area contributed by atoms with Crippen molar-refractivity contribution in [1.82, 2.24) is 15.5 Å². The normalized spacial score (nSPS) is 20.7. The molecule has 1 aromatic rings. The summed E-state index contributed by atoms with van der Waals surface area (Å²) in [5.41, 5.74) is -0.0150. The first-order valence-electron chi connectivity index (χ1n) is 8.39. The van der Waals surface area contributed by atoms with Crippen LogP contribution >= 0.6 is 0 Å². The quantitative estimate of drug-likeness (QED) is 0.843. The van der Waals surface area contributed by atoms with Crippen molar-refractivity contribution < 1.29 is 19.1 Å². The molecule has 7 heteroatoms. The number of rotatable bonds is 5. The molecule has 7 nitrogen and oxygen atoms in total. The lowest BCUT2D eigenvalue weighted by Crippen LogP contribution is -2.58. The average molecular weight is 347 g/mol. The van der Waals surface area contributed by atoms with Gasteiger partial charge in [0.15, 0.2) is 0 Å². The fourth-order valence-electron chi connectivity index (χ4n) is 3.06. The van der Waals surface area contributed by atoms with Gasteiger partial charge < -0.3 is 20.3 Å². The number of amides is 3. The summed E-state index contributed by atoms with van der Waals surface area (Å²) in [5.74, 6) is -0.488. The molecule has 0 aromatic heterocycles. The van der Waals surface area contributed by atoms with E-state index < -0.39 is 17.7 Å². The third-order valence-corrected chi connectivity index (χ3v) is 4.54. The second kappa shape index (κ2) is 8.00. The van der Waals surface area contributed by atoms with Gasteiger partial charge in [-0.2, -0.15) is 0 Å². The maximum Gasteiger partial charge on any atom is 0.408 e. The molecule has 0 saturated carbocycles. The lowest BCUT2D eigenvalue weighted by Gasteiger charge is -2.35. The van der Waals surface area contributed by atoms with Gasteiger partial charge in [-0.25, -0.2) is 4.79 Å². The number of nitrogens with zero attached hydrogens (tertiary/aromatic N) is 1. The predicted octanol–water partition coefficient (Wildman–Crippen LogP) is 1.43. The number of carbonyl (C=O) groups excluding carboxylic acids is 3. The van der Waals surface area contributed by atoms with Crippen LogP contribution < -0.4 is 10.6 Å². The Bertz CT molecular complexity index is 634. The molecule has 0 spiro atoms. The monoisotopic (exact) mass is 347 g/mol. The van der Waals surface area contributed by atoms with Crippen LogP contribution in [0.25, 0.3) is 0 Å². The first-order chi connectivity index (χ1) is 11.9. The highest BCUT2D eigenvalue weighted by Crippen LogP contribution is 2.29. The van der Waals surface area contributed by atoms with E-state index >= 15 is 0 Å². The molecule has 0 unspecified atom stereocenters. The first kappa shape index (κ1) is 18.8. The Labute approximate surface area is 147 Å². The fraction of sp³-hybridized carbons (Fsp3) is 0.500. The van der Waals surface area contributed by atoms with Crippen LogP contribution in [-0.2, 0) is 20.9 Å².